The first-order chi connectivity index (χ1) is 10.0. The molecular weight excluding hydrogens is 264 g/mol. The molecule has 0 saturated carbocycles. The number of likely N-dealkylation sites (N-methyl/N-ethyl adjacent to an activating group) is 2. The van der Waals surface area contributed by atoms with Gasteiger partial charge in [0.25, 0.3) is 5.91 Å². The lowest BCUT2D eigenvalue weighted by molar-refractivity contribution is 0.0639. The molecule has 3 N–H and O–H groups in total. The molecule has 1 aromatic carbocycles. The Balaban J connectivity index is 1.82. The van der Waals surface area contributed by atoms with E-state index in [0.29, 0.717) is 11.4 Å². The zero-order valence-electron chi connectivity index (χ0n) is 12.6. The average molecular weight is 286 g/mol. The Morgan fingerprint density at radius 1 is 1.43 bits per heavy atom. The van der Waals surface area contributed by atoms with Crippen molar-refractivity contribution in [2.75, 3.05) is 32.9 Å². The number of rotatable bonds is 2. The summed E-state index contributed by atoms with van der Waals surface area (Å²) in [5, 5.41) is 0.979. The fourth-order valence-corrected chi connectivity index (χ4v) is 3.08. The van der Waals surface area contributed by atoms with Crippen LogP contribution in [0.4, 0.5) is 5.69 Å². The van der Waals surface area contributed by atoms with Gasteiger partial charge >= 0.3 is 0 Å². The van der Waals surface area contributed by atoms with Crippen molar-refractivity contribution in [2.24, 2.45) is 0 Å². The zero-order chi connectivity index (χ0) is 15.0. The maximum absolute atomic E-state index is 12.7. The number of hydrogen-bond donors (Lipinski definition) is 2. The van der Waals surface area contributed by atoms with Crippen LogP contribution < -0.4 is 5.73 Å². The molecule has 0 radical (unpaired) electrons. The zero-order valence-corrected chi connectivity index (χ0v) is 12.6. The van der Waals surface area contributed by atoms with Crippen molar-refractivity contribution in [3.05, 3.63) is 30.0 Å². The maximum atomic E-state index is 12.7. The van der Waals surface area contributed by atoms with Gasteiger partial charge in [0.05, 0.1) is 0 Å². The first kappa shape index (κ1) is 13.9. The second kappa shape index (κ2) is 5.41. The number of aromatic nitrogens is 1. The molecule has 1 aliphatic rings. The first-order valence-electron chi connectivity index (χ1n) is 7.38. The molecule has 5 heteroatoms. The SMILES string of the molecule is CN1CCCC(N(C)C(=O)c2cc3cc(N)ccc3[nH]2)C1. The van der Waals surface area contributed by atoms with Gasteiger partial charge in [0.2, 0.25) is 0 Å². The topological polar surface area (TPSA) is 65.4 Å². The standard InChI is InChI=1S/C16H22N4O/c1-19-7-3-4-13(10-19)20(2)16(21)15-9-11-8-12(17)5-6-14(11)18-15/h5-6,8-9,13,18H,3-4,7,10,17H2,1-2H3. The van der Waals surface area contributed by atoms with Gasteiger partial charge in [-0.25, -0.2) is 0 Å². The number of likely N-dealkylation sites (tertiary alicyclic amines) is 1. The molecule has 0 spiro atoms. The number of carbonyl (C=O) groups is 1. The number of benzene rings is 1. The Kier molecular flexibility index (Phi) is 3.59. The maximum Gasteiger partial charge on any atom is 0.270 e. The van der Waals surface area contributed by atoms with Gasteiger partial charge in [0, 0.05) is 36.2 Å². The minimum absolute atomic E-state index is 0.0464. The van der Waals surface area contributed by atoms with E-state index in [9.17, 15) is 4.79 Å². The van der Waals surface area contributed by atoms with Crippen LogP contribution in [0.2, 0.25) is 0 Å². The summed E-state index contributed by atoms with van der Waals surface area (Å²) in [5.41, 5.74) is 8.07. The number of aromatic amines is 1. The van der Waals surface area contributed by atoms with Gasteiger partial charge in [0.1, 0.15) is 5.69 Å². The van der Waals surface area contributed by atoms with Crippen LogP contribution in [0.25, 0.3) is 10.9 Å². The Morgan fingerprint density at radius 3 is 3.00 bits per heavy atom. The Bertz CT molecular complexity index is 663. The molecule has 1 fully saturated rings. The summed E-state index contributed by atoms with van der Waals surface area (Å²) in [4.78, 5) is 20.0. The van der Waals surface area contributed by atoms with E-state index in [0.717, 1.165) is 36.8 Å². The Labute approximate surface area is 124 Å². The van der Waals surface area contributed by atoms with Gasteiger partial charge in [-0.2, -0.15) is 0 Å². The van der Waals surface area contributed by atoms with E-state index in [1.165, 1.54) is 0 Å². The van der Waals surface area contributed by atoms with Gasteiger partial charge in [-0.3, -0.25) is 4.79 Å². The number of nitrogens with one attached hydrogen (secondary N) is 1. The van der Waals surface area contributed by atoms with Crippen LogP contribution in [0.5, 0.6) is 0 Å². The van der Waals surface area contributed by atoms with E-state index in [-0.39, 0.29) is 11.9 Å². The van der Waals surface area contributed by atoms with Gasteiger partial charge in [0.15, 0.2) is 0 Å². The summed E-state index contributed by atoms with van der Waals surface area (Å²) in [6.45, 7) is 2.06. The van der Waals surface area contributed by atoms with Crippen molar-refractivity contribution in [2.45, 2.75) is 18.9 Å². The molecule has 5 nitrogen and oxygen atoms in total. The predicted molar refractivity (Wildman–Crippen MR) is 85.3 cm³/mol. The molecular formula is C16H22N4O. The number of carbonyl (C=O) groups excluding carboxylic acids is 1. The molecule has 1 aromatic heterocycles. The van der Waals surface area contributed by atoms with E-state index >= 15 is 0 Å². The summed E-state index contributed by atoms with van der Waals surface area (Å²) >= 11 is 0. The van der Waals surface area contributed by atoms with Crippen molar-refractivity contribution in [3.63, 3.8) is 0 Å². The molecule has 1 unspecified atom stereocenters. The van der Waals surface area contributed by atoms with E-state index in [1.54, 1.807) is 0 Å². The smallest absolute Gasteiger partial charge is 0.270 e. The van der Waals surface area contributed by atoms with Gasteiger partial charge in [-0.15, -0.1) is 0 Å². The number of anilines is 1. The lowest BCUT2D eigenvalue weighted by atomic mass is 10.0. The fourth-order valence-electron chi connectivity index (χ4n) is 3.08. The third-order valence-electron chi connectivity index (χ3n) is 4.34. The number of H-pyrrole nitrogens is 1. The number of nitrogens with zero attached hydrogens (tertiary/aromatic N) is 2. The largest absolute Gasteiger partial charge is 0.399 e. The number of nitrogens with two attached hydrogens (primary N) is 1. The second-order valence-electron chi connectivity index (χ2n) is 6.00. The number of nitrogen functional groups attached to an aromatic ring is 1. The van der Waals surface area contributed by atoms with Crippen LogP contribution in [0, 0.1) is 0 Å². The van der Waals surface area contributed by atoms with Crippen molar-refractivity contribution >= 4 is 22.5 Å². The molecule has 1 aliphatic heterocycles. The number of hydrogen-bond acceptors (Lipinski definition) is 3. The molecule has 2 heterocycles. The monoisotopic (exact) mass is 286 g/mol. The highest BCUT2D eigenvalue weighted by molar-refractivity contribution is 5.98. The summed E-state index contributed by atoms with van der Waals surface area (Å²) in [5.74, 6) is 0.0464. The summed E-state index contributed by atoms with van der Waals surface area (Å²) in [7, 11) is 4.00. The normalized spacial score (nSPS) is 19.8. The van der Waals surface area contributed by atoms with Crippen LogP contribution in [0.1, 0.15) is 23.3 Å². The van der Waals surface area contributed by atoms with Gasteiger partial charge in [-0.05, 0) is 50.7 Å². The van der Waals surface area contributed by atoms with Crippen LogP contribution in [0.15, 0.2) is 24.3 Å². The van der Waals surface area contributed by atoms with E-state index in [2.05, 4.69) is 16.9 Å². The lowest BCUT2D eigenvalue weighted by Crippen LogP contribution is -2.47. The van der Waals surface area contributed by atoms with E-state index in [4.69, 9.17) is 5.73 Å². The minimum atomic E-state index is 0.0464. The first-order valence-corrected chi connectivity index (χ1v) is 7.38. The lowest BCUT2D eigenvalue weighted by Gasteiger charge is -2.35. The Hall–Kier alpha value is -2.01. The number of piperidine rings is 1. The third-order valence-corrected chi connectivity index (χ3v) is 4.34. The highest BCUT2D eigenvalue weighted by Gasteiger charge is 2.25. The molecule has 1 atom stereocenters. The van der Waals surface area contributed by atoms with E-state index < -0.39 is 0 Å². The minimum Gasteiger partial charge on any atom is -0.399 e. The van der Waals surface area contributed by atoms with Gasteiger partial charge in [-0.1, -0.05) is 0 Å². The summed E-state index contributed by atoms with van der Waals surface area (Å²) in [6.07, 6.45) is 2.21. The highest BCUT2D eigenvalue weighted by Crippen LogP contribution is 2.21. The summed E-state index contributed by atoms with van der Waals surface area (Å²) in [6, 6.07) is 7.81. The van der Waals surface area contributed by atoms with Gasteiger partial charge < -0.3 is 20.5 Å². The molecule has 0 aliphatic carbocycles. The molecule has 2 aromatic rings. The van der Waals surface area contributed by atoms with Crippen LogP contribution in [-0.4, -0.2) is 53.9 Å². The highest BCUT2D eigenvalue weighted by atomic mass is 16.2. The predicted octanol–water partition coefficient (Wildman–Crippen LogP) is 1.92. The van der Waals surface area contributed by atoms with Crippen molar-refractivity contribution in [1.29, 1.82) is 0 Å². The fraction of sp³-hybridized carbons (Fsp3) is 0.438. The van der Waals surface area contributed by atoms with Crippen molar-refractivity contribution < 1.29 is 4.79 Å². The number of amides is 1. The quantitative estimate of drug-likeness (QED) is 0.829. The Morgan fingerprint density at radius 2 is 2.24 bits per heavy atom. The molecule has 1 amide bonds. The molecule has 112 valence electrons. The molecule has 0 bridgehead atoms. The van der Waals surface area contributed by atoms with Crippen molar-refractivity contribution in [1.82, 2.24) is 14.8 Å². The van der Waals surface area contributed by atoms with E-state index in [1.807, 2.05) is 36.2 Å². The second-order valence-corrected chi connectivity index (χ2v) is 6.00. The average Bonchev–Trinajstić information content (AvgIpc) is 2.88. The molecule has 3 rings (SSSR count). The van der Waals surface area contributed by atoms with Crippen molar-refractivity contribution in [3.8, 4) is 0 Å². The summed E-state index contributed by atoms with van der Waals surface area (Å²) < 4.78 is 0. The number of fused-ring (bicyclic) bond motifs is 1. The van der Waals surface area contributed by atoms with Crippen LogP contribution in [-0.2, 0) is 0 Å². The third kappa shape index (κ3) is 2.74. The van der Waals surface area contributed by atoms with Crippen LogP contribution in [0.3, 0.4) is 0 Å². The van der Waals surface area contributed by atoms with Crippen LogP contribution >= 0.6 is 0 Å². The molecule has 21 heavy (non-hydrogen) atoms. The molecule has 1 saturated heterocycles.